The van der Waals surface area contributed by atoms with Gasteiger partial charge in [-0.15, -0.1) is 0 Å². The van der Waals surface area contributed by atoms with Gasteiger partial charge in [0, 0.05) is 0 Å². The highest BCUT2D eigenvalue weighted by Gasteiger charge is 2.05. The summed E-state index contributed by atoms with van der Waals surface area (Å²) in [4.78, 5) is 0. The molecule has 1 rings (SSSR count). The van der Waals surface area contributed by atoms with E-state index >= 15 is 0 Å². The fourth-order valence-electron chi connectivity index (χ4n) is 1.89. The Kier molecular flexibility index (Phi) is 6.80. The zero-order chi connectivity index (χ0) is 14.1. The van der Waals surface area contributed by atoms with Crippen LogP contribution >= 0.6 is 0 Å². The first-order chi connectivity index (χ1) is 9.19. The van der Waals surface area contributed by atoms with Gasteiger partial charge in [0.05, 0.1) is 7.11 Å². The van der Waals surface area contributed by atoms with E-state index in [4.69, 9.17) is 9.47 Å². The molecule has 1 aromatic rings. The third kappa shape index (κ3) is 5.21. The molecule has 0 bridgehead atoms. The van der Waals surface area contributed by atoms with Crippen molar-refractivity contribution in [2.75, 3.05) is 13.7 Å². The molecule has 0 fully saturated rings. The van der Waals surface area contributed by atoms with E-state index in [-0.39, 0.29) is 0 Å². The highest BCUT2D eigenvalue weighted by Crippen LogP contribution is 2.28. The Morgan fingerprint density at radius 1 is 1.00 bits per heavy atom. The number of hydrogen-bond donors (Lipinski definition) is 0. The Morgan fingerprint density at radius 3 is 2.21 bits per heavy atom. The van der Waals surface area contributed by atoms with Crippen molar-refractivity contribution in [2.45, 2.75) is 33.6 Å². The summed E-state index contributed by atoms with van der Waals surface area (Å²) >= 11 is 0. The lowest BCUT2D eigenvalue weighted by Gasteiger charge is -2.12. The van der Waals surface area contributed by atoms with Crippen LogP contribution in [0.15, 0.2) is 36.4 Å². The van der Waals surface area contributed by atoms with E-state index in [1.165, 1.54) is 0 Å². The van der Waals surface area contributed by atoms with Gasteiger partial charge in [-0.2, -0.15) is 0 Å². The van der Waals surface area contributed by atoms with Crippen LogP contribution in [0.5, 0.6) is 11.5 Å². The summed E-state index contributed by atoms with van der Waals surface area (Å²) in [6.45, 7) is 6.82. The van der Waals surface area contributed by atoms with Crippen molar-refractivity contribution in [2.24, 2.45) is 0 Å². The number of methoxy groups -OCH3 is 1. The molecule has 0 aliphatic heterocycles. The van der Waals surface area contributed by atoms with Gasteiger partial charge in [-0.1, -0.05) is 31.2 Å². The molecule has 0 amide bonds. The molecule has 0 radical (unpaired) electrons. The summed E-state index contributed by atoms with van der Waals surface area (Å²) in [7, 11) is 1.68. The molecule has 0 unspecified atom stereocenters. The average molecular weight is 260 g/mol. The summed E-state index contributed by atoms with van der Waals surface area (Å²) in [5.41, 5.74) is 2.22. The molecule has 0 heterocycles. The van der Waals surface area contributed by atoms with Gasteiger partial charge in [0.25, 0.3) is 0 Å². The fourth-order valence-corrected chi connectivity index (χ4v) is 1.89. The lowest BCUT2D eigenvalue weighted by Crippen LogP contribution is -1.98. The van der Waals surface area contributed by atoms with Crippen LogP contribution in [0.25, 0.3) is 0 Å². The summed E-state index contributed by atoms with van der Waals surface area (Å²) in [5, 5.41) is 0. The molecule has 19 heavy (non-hydrogen) atoms. The number of rotatable bonds is 7. The Bertz CT molecular complexity index is 422. The van der Waals surface area contributed by atoms with Crippen molar-refractivity contribution in [1.82, 2.24) is 0 Å². The SMILES string of the molecule is CCC=CCC=CCOc1c(C)cc(OC)cc1C. The molecule has 0 aromatic heterocycles. The van der Waals surface area contributed by atoms with Gasteiger partial charge < -0.3 is 9.47 Å². The van der Waals surface area contributed by atoms with Gasteiger partial charge in [-0.3, -0.25) is 0 Å². The predicted molar refractivity (Wildman–Crippen MR) is 81.2 cm³/mol. The van der Waals surface area contributed by atoms with Crippen molar-refractivity contribution in [1.29, 1.82) is 0 Å². The van der Waals surface area contributed by atoms with Gasteiger partial charge in [-0.05, 0) is 49.9 Å². The van der Waals surface area contributed by atoms with Crippen LogP contribution < -0.4 is 9.47 Å². The molecule has 1 aromatic carbocycles. The van der Waals surface area contributed by atoms with E-state index in [9.17, 15) is 0 Å². The first-order valence-electron chi connectivity index (χ1n) is 6.77. The molecule has 2 heteroatoms. The molecule has 0 aliphatic rings. The molecule has 2 nitrogen and oxygen atoms in total. The monoisotopic (exact) mass is 260 g/mol. The molecule has 0 saturated carbocycles. The first kappa shape index (κ1) is 15.4. The molecule has 0 N–H and O–H groups in total. The lowest BCUT2D eigenvalue weighted by atomic mass is 10.1. The quantitative estimate of drug-likeness (QED) is 0.667. The summed E-state index contributed by atoms with van der Waals surface area (Å²) in [6, 6.07) is 3.99. The number of ether oxygens (including phenoxy) is 2. The van der Waals surface area contributed by atoms with Crippen molar-refractivity contribution in [3.8, 4) is 11.5 Å². The number of benzene rings is 1. The normalized spacial score (nSPS) is 11.4. The molecule has 104 valence electrons. The van der Waals surface area contributed by atoms with Gasteiger partial charge in [-0.25, -0.2) is 0 Å². The molecule has 0 aliphatic carbocycles. The Hall–Kier alpha value is -1.70. The average Bonchev–Trinajstić information content (AvgIpc) is 2.40. The van der Waals surface area contributed by atoms with Gasteiger partial charge in [0.2, 0.25) is 0 Å². The minimum absolute atomic E-state index is 0.605. The van der Waals surface area contributed by atoms with E-state index in [1.807, 2.05) is 26.0 Å². The first-order valence-corrected chi connectivity index (χ1v) is 6.77. The third-order valence-electron chi connectivity index (χ3n) is 2.83. The summed E-state index contributed by atoms with van der Waals surface area (Å²) in [6.07, 6.45) is 10.6. The van der Waals surface area contributed by atoms with Gasteiger partial charge >= 0.3 is 0 Å². The van der Waals surface area contributed by atoms with E-state index in [0.29, 0.717) is 6.61 Å². The van der Waals surface area contributed by atoms with E-state index in [2.05, 4.69) is 31.2 Å². The highest BCUT2D eigenvalue weighted by molar-refractivity contribution is 5.45. The molecule has 0 saturated heterocycles. The maximum absolute atomic E-state index is 5.81. The van der Waals surface area contributed by atoms with Crippen molar-refractivity contribution in [3.05, 3.63) is 47.6 Å². The number of allylic oxidation sites excluding steroid dienone is 3. The topological polar surface area (TPSA) is 18.5 Å². The molecule has 0 atom stereocenters. The number of hydrogen-bond acceptors (Lipinski definition) is 2. The maximum atomic E-state index is 5.81. The smallest absolute Gasteiger partial charge is 0.125 e. The van der Waals surface area contributed by atoms with Crippen LogP contribution in [-0.4, -0.2) is 13.7 Å². The second-order valence-electron chi connectivity index (χ2n) is 4.49. The molecular weight excluding hydrogens is 236 g/mol. The molecule has 0 spiro atoms. The third-order valence-corrected chi connectivity index (χ3v) is 2.83. The zero-order valence-corrected chi connectivity index (χ0v) is 12.4. The van der Waals surface area contributed by atoms with Crippen LogP contribution in [0, 0.1) is 13.8 Å². The van der Waals surface area contributed by atoms with Gasteiger partial charge in [0.1, 0.15) is 18.1 Å². The second kappa shape index (κ2) is 8.41. The Balaban J connectivity index is 2.52. The van der Waals surface area contributed by atoms with Crippen LogP contribution in [0.4, 0.5) is 0 Å². The number of aryl methyl sites for hydroxylation is 2. The highest BCUT2D eigenvalue weighted by atomic mass is 16.5. The van der Waals surface area contributed by atoms with Crippen LogP contribution in [0.1, 0.15) is 30.9 Å². The van der Waals surface area contributed by atoms with Crippen molar-refractivity contribution >= 4 is 0 Å². The standard InChI is InChI=1S/C17H24O2/c1-5-6-7-8-9-10-11-19-17-14(2)12-16(18-4)13-15(17)3/h6-7,9-10,12-13H,5,8,11H2,1-4H3. The fraction of sp³-hybridized carbons (Fsp3) is 0.412. The minimum Gasteiger partial charge on any atom is -0.497 e. The second-order valence-corrected chi connectivity index (χ2v) is 4.49. The van der Waals surface area contributed by atoms with E-state index in [0.717, 1.165) is 35.5 Å². The summed E-state index contributed by atoms with van der Waals surface area (Å²) in [5.74, 6) is 1.83. The van der Waals surface area contributed by atoms with E-state index in [1.54, 1.807) is 7.11 Å². The van der Waals surface area contributed by atoms with Crippen LogP contribution in [0.2, 0.25) is 0 Å². The minimum atomic E-state index is 0.605. The maximum Gasteiger partial charge on any atom is 0.125 e. The lowest BCUT2D eigenvalue weighted by molar-refractivity contribution is 0.355. The Labute approximate surface area is 116 Å². The van der Waals surface area contributed by atoms with Crippen LogP contribution in [0.3, 0.4) is 0 Å². The van der Waals surface area contributed by atoms with Crippen molar-refractivity contribution < 1.29 is 9.47 Å². The Morgan fingerprint density at radius 2 is 1.63 bits per heavy atom. The van der Waals surface area contributed by atoms with Gasteiger partial charge in [0.15, 0.2) is 0 Å². The van der Waals surface area contributed by atoms with Crippen molar-refractivity contribution in [3.63, 3.8) is 0 Å². The van der Waals surface area contributed by atoms with E-state index < -0.39 is 0 Å². The molecular formula is C17H24O2. The van der Waals surface area contributed by atoms with Crippen LogP contribution in [-0.2, 0) is 0 Å². The predicted octanol–water partition coefficient (Wildman–Crippen LogP) is 4.60. The largest absolute Gasteiger partial charge is 0.497 e. The zero-order valence-electron chi connectivity index (χ0n) is 12.4. The summed E-state index contributed by atoms with van der Waals surface area (Å²) < 4.78 is 11.0.